The first-order chi connectivity index (χ1) is 15.8. The van der Waals surface area contributed by atoms with Gasteiger partial charge >= 0.3 is 0 Å². The monoisotopic (exact) mass is 450 g/mol. The Hall–Kier alpha value is -3.12. The summed E-state index contributed by atoms with van der Waals surface area (Å²) in [5.41, 5.74) is 2.49. The number of likely N-dealkylation sites (tertiary alicyclic amines) is 1. The van der Waals surface area contributed by atoms with E-state index in [9.17, 15) is 14.7 Å². The van der Waals surface area contributed by atoms with Crippen molar-refractivity contribution in [3.63, 3.8) is 0 Å². The maximum atomic E-state index is 13.1. The highest BCUT2D eigenvalue weighted by molar-refractivity contribution is 6.46. The van der Waals surface area contributed by atoms with Crippen LogP contribution in [0.2, 0.25) is 0 Å². The Balaban J connectivity index is 2.04. The zero-order chi connectivity index (χ0) is 24.1. The molecule has 1 aliphatic rings. The number of carbonyl (C=O) groups is 2. The second kappa shape index (κ2) is 10.7. The number of aliphatic hydroxyl groups is 1. The first-order valence-corrected chi connectivity index (χ1v) is 11.6. The number of Topliss-reactive ketones (excluding diaryl/α,β-unsaturated/α-hetero) is 1. The summed E-state index contributed by atoms with van der Waals surface area (Å²) in [7, 11) is 0. The van der Waals surface area contributed by atoms with Gasteiger partial charge in [-0.2, -0.15) is 0 Å². The molecule has 0 saturated carbocycles. The van der Waals surface area contributed by atoms with Crippen LogP contribution in [0.15, 0.2) is 54.1 Å². The van der Waals surface area contributed by atoms with Gasteiger partial charge in [0.25, 0.3) is 11.7 Å². The molecule has 6 nitrogen and oxygen atoms in total. The number of hydrogen-bond donors (Lipinski definition) is 1. The van der Waals surface area contributed by atoms with E-state index in [-0.39, 0.29) is 17.4 Å². The lowest BCUT2D eigenvalue weighted by Crippen LogP contribution is -2.38. The van der Waals surface area contributed by atoms with Gasteiger partial charge in [-0.25, -0.2) is 0 Å². The summed E-state index contributed by atoms with van der Waals surface area (Å²) >= 11 is 0. The Labute approximate surface area is 196 Å². The summed E-state index contributed by atoms with van der Waals surface area (Å²) in [6.07, 6.45) is 0.0297. The van der Waals surface area contributed by atoms with Crippen LogP contribution in [0, 0.1) is 6.92 Å². The number of rotatable bonds is 9. The van der Waals surface area contributed by atoms with Gasteiger partial charge in [0.05, 0.1) is 17.7 Å². The van der Waals surface area contributed by atoms with Crippen molar-refractivity contribution in [2.75, 3.05) is 26.2 Å². The third-order valence-electron chi connectivity index (χ3n) is 5.98. The highest BCUT2D eigenvalue weighted by Gasteiger charge is 2.45. The minimum atomic E-state index is -0.653. The molecule has 3 rings (SSSR count). The van der Waals surface area contributed by atoms with Crippen molar-refractivity contribution >= 4 is 17.4 Å². The third kappa shape index (κ3) is 5.45. The van der Waals surface area contributed by atoms with Gasteiger partial charge in [-0.05, 0) is 63.7 Å². The number of nitrogens with zero attached hydrogens (tertiary/aromatic N) is 2. The number of hydrogen-bond acceptors (Lipinski definition) is 5. The summed E-state index contributed by atoms with van der Waals surface area (Å²) in [6, 6.07) is 14.1. The number of ether oxygens (including phenoxy) is 1. The van der Waals surface area contributed by atoms with Gasteiger partial charge in [0, 0.05) is 18.7 Å². The number of amides is 1. The van der Waals surface area contributed by atoms with E-state index < -0.39 is 17.7 Å². The van der Waals surface area contributed by atoms with Crippen LogP contribution in [0.25, 0.3) is 5.76 Å². The lowest BCUT2D eigenvalue weighted by molar-refractivity contribution is -0.140. The zero-order valence-corrected chi connectivity index (χ0v) is 20.2. The Morgan fingerprint density at radius 1 is 1.03 bits per heavy atom. The molecule has 176 valence electrons. The molecule has 0 aromatic heterocycles. The molecular formula is C27H34N2O4. The van der Waals surface area contributed by atoms with Crippen molar-refractivity contribution in [3.8, 4) is 5.75 Å². The Bertz CT molecular complexity index is 1010. The normalized spacial score (nSPS) is 17.9. The van der Waals surface area contributed by atoms with Crippen LogP contribution < -0.4 is 4.74 Å². The molecule has 1 amide bonds. The van der Waals surface area contributed by atoms with Crippen LogP contribution in [-0.4, -0.2) is 58.9 Å². The molecule has 0 unspecified atom stereocenters. The van der Waals surface area contributed by atoms with Gasteiger partial charge in [-0.3, -0.25) is 9.59 Å². The molecule has 33 heavy (non-hydrogen) atoms. The maximum absolute atomic E-state index is 13.1. The van der Waals surface area contributed by atoms with Crippen molar-refractivity contribution < 1.29 is 19.4 Å². The Kier molecular flexibility index (Phi) is 7.92. The van der Waals surface area contributed by atoms with E-state index in [0.717, 1.165) is 24.2 Å². The van der Waals surface area contributed by atoms with Crippen molar-refractivity contribution in [3.05, 3.63) is 70.8 Å². The largest absolute Gasteiger partial charge is 0.507 e. The van der Waals surface area contributed by atoms with E-state index in [4.69, 9.17) is 4.74 Å². The molecule has 1 N–H and O–H groups in total. The van der Waals surface area contributed by atoms with E-state index in [1.54, 1.807) is 29.2 Å². The molecule has 6 heteroatoms. The second-order valence-electron chi connectivity index (χ2n) is 8.62. The highest BCUT2D eigenvalue weighted by Crippen LogP contribution is 2.39. The molecular weight excluding hydrogens is 416 g/mol. The Morgan fingerprint density at radius 3 is 2.18 bits per heavy atom. The van der Waals surface area contributed by atoms with Crippen molar-refractivity contribution in [2.45, 2.75) is 46.8 Å². The van der Waals surface area contributed by atoms with Crippen LogP contribution >= 0.6 is 0 Å². The number of carbonyl (C=O) groups excluding carboxylic acids is 2. The molecule has 0 radical (unpaired) electrons. The topological polar surface area (TPSA) is 70.1 Å². The summed E-state index contributed by atoms with van der Waals surface area (Å²) < 4.78 is 5.68. The van der Waals surface area contributed by atoms with Crippen molar-refractivity contribution in [1.82, 2.24) is 9.80 Å². The molecule has 2 aromatic rings. The number of aryl methyl sites for hydroxylation is 1. The smallest absolute Gasteiger partial charge is 0.295 e. The quantitative estimate of drug-likeness (QED) is 0.345. The van der Waals surface area contributed by atoms with Gasteiger partial charge in [-0.1, -0.05) is 43.7 Å². The number of benzene rings is 2. The van der Waals surface area contributed by atoms with Crippen LogP contribution in [-0.2, 0) is 9.59 Å². The number of likely N-dealkylation sites (N-methyl/N-ethyl adjacent to an activating group) is 1. The summed E-state index contributed by atoms with van der Waals surface area (Å²) in [6.45, 7) is 12.8. The molecule has 0 bridgehead atoms. The van der Waals surface area contributed by atoms with Crippen molar-refractivity contribution in [2.24, 2.45) is 0 Å². The van der Waals surface area contributed by atoms with Crippen LogP contribution in [0.4, 0.5) is 0 Å². The van der Waals surface area contributed by atoms with E-state index in [1.807, 2.05) is 45.0 Å². The molecule has 1 saturated heterocycles. The van der Waals surface area contributed by atoms with Gasteiger partial charge < -0.3 is 19.6 Å². The van der Waals surface area contributed by atoms with Crippen LogP contribution in [0.3, 0.4) is 0 Å². The molecule has 0 aliphatic carbocycles. The predicted molar refractivity (Wildman–Crippen MR) is 130 cm³/mol. The van der Waals surface area contributed by atoms with E-state index in [1.165, 1.54) is 0 Å². The fourth-order valence-corrected chi connectivity index (χ4v) is 4.11. The van der Waals surface area contributed by atoms with Gasteiger partial charge in [-0.15, -0.1) is 0 Å². The lowest BCUT2D eigenvalue weighted by Gasteiger charge is -2.28. The standard InChI is InChI=1S/C27H34N2O4/c1-6-28(7-2)16-17-29-24(20-10-8-19(5)9-11-20)23(26(31)27(29)32)25(30)21-12-14-22(15-13-21)33-18(3)4/h8-15,18,24,30H,6-7,16-17H2,1-5H3/b25-23+/t24-/m1/s1. The van der Waals surface area contributed by atoms with E-state index >= 15 is 0 Å². The van der Waals surface area contributed by atoms with Gasteiger partial charge in [0.15, 0.2) is 0 Å². The molecule has 1 fully saturated rings. The Morgan fingerprint density at radius 2 is 1.64 bits per heavy atom. The number of aliphatic hydroxyl groups excluding tert-OH is 1. The van der Waals surface area contributed by atoms with Crippen molar-refractivity contribution in [1.29, 1.82) is 0 Å². The van der Waals surface area contributed by atoms with Crippen LogP contribution in [0.5, 0.6) is 5.75 Å². The van der Waals surface area contributed by atoms with E-state index in [0.29, 0.717) is 24.4 Å². The second-order valence-corrected chi connectivity index (χ2v) is 8.62. The molecule has 1 atom stereocenters. The minimum absolute atomic E-state index is 0.0297. The first kappa shape index (κ1) is 24.5. The minimum Gasteiger partial charge on any atom is -0.507 e. The van der Waals surface area contributed by atoms with E-state index in [2.05, 4.69) is 18.7 Å². The SMILES string of the molecule is CCN(CC)CCN1C(=O)C(=O)/C(=C(/O)c2ccc(OC(C)C)cc2)[C@H]1c1ccc(C)cc1. The summed E-state index contributed by atoms with van der Waals surface area (Å²) in [5.74, 6) is -0.717. The third-order valence-corrected chi connectivity index (χ3v) is 5.98. The molecule has 0 spiro atoms. The fourth-order valence-electron chi connectivity index (χ4n) is 4.11. The predicted octanol–water partition coefficient (Wildman–Crippen LogP) is 4.55. The average molecular weight is 451 g/mol. The fraction of sp³-hybridized carbons (Fsp3) is 0.407. The highest BCUT2D eigenvalue weighted by atomic mass is 16.5. The zero-order valence-electron chi connectivity index (χ0n) is 20.2. The molecule has 2 aromatic carbocycles. The molecule has 1 heterocycles. The first-order valence-electron chi connectivity index (χ1n) is 11.6. The average Bonchev–Trinajstić information content (AvgIpc) is 3.05. The molecule has 1 aliphatic heterocycles. The lowest BCUT2D eigenvalue weighted by atomic mass is 9.94. The summed E-state index contributed by atoms with van der Waals surface area (Å²) in [5, 5.41) is 11.2. The number of ketones is 1. The summed E-state index contributed by atoms with van der Waals surface area (Å²) in [4.78, 5) is 30.0. The maximum Gasteiger partial charge on any atom is 0.295 e. The van der Waals surface area contributed by atoms with Gasteiger partial charge in [0.2, 0.25) is 0 Å². The van der Waals surface area contributed by atoms with Crippen LogP contribution in [0.1, 0.15) is 50.4 Å². The van der Waals surface area contributed by atoms with Gasteiger partial charge in [0.1, 0.15) is 11.5 Å².